The van der Waals surface area contributed by atoms with E-state index in [1.165, 1.54) is 11.4 Å². The molecule has 0 bridgehead atoms. The number of halogens is 3. The molecule has 0 radical (unpaired) electrons. The molecule has 0 spiro atoms. The lowest BCUT2D eigenvalue weighted by molar-refractivity contribution is 0.174. The maximum Gasteiger partial charge on any atom is 0.253 e. The van der Waals surface area contributed by atoms with Crippen LogP contribution in [0.25, 0.3) is 11.0 Å². The molecule has 1 aliphatic heterocycles. The minimum Gasteiger partial charge on any atom is -0.436 e. The lowest BCUT2D eigenvalue weighted by atomic mass is 10.3. The van der Waals surface area contributed by atoms with Crippen LogP contribution in [0.5, 0.6) is 0 Å². The minimum atomic E-state index is -1.62. The van der Waals surface area contributed by atoms with Crippen molar-refractivity contribution in [2.75, 3.05) is 5.17 Å². The van der Waals surface area contributed by atoms with Crippen molar-refractivity contribution in [2.45, 2.75) is 3.79 Å². The number of hydrogen-bond donors (Lipinski definition) is 1. The van der Waals surface area contributed by atoms with Crippen molar-refractivity contribution < 1.29 is 9.25 Å². The number of fused-ring (bicyclic) bond motifs is 1. The van der Waals surface area contributed by atoms with E-state index in [9.17, 15) is 0 Å². The van der Waals surface area contributed by atoms with E-state index >= 15 is 0 Å². The number of rotatable bonds is 1. The first-order valence-electron chi connectivity index (χ1n) is 5.04. The van der Waals surface area contributed by atoms with Gasteiger partial charge in [0.25, 0.3) is 9.68 Å². The van der Waals surface area contributed by atoms with Crippen LogP contribution in [0.4, 0.5) is 5.88 Å². The van der Waals surface area contributed by atoms with Crippen molar-refractivity contribution in [2.24, 2.45) is 0 Å². The molecule has 0 amide bonds. The highest BCUT2D eigenvalue weighted by atomic mass is 35.6. The van der Waals surface area contributed by atoms with E-state index in [0.29, 0.717) is 5.88 Å². The van der Waals surface area contributed by atoms with Gasteiger partial charge in [-0.05, 0) is 6.07 Å². The fraction of sp³-hybridized carbons (Fsp3) is 0.0909. The number of alkyl halides is 3. The largest absolute Gasteiger partial charge is 0.436 e. The number of allylic oxidation sites excluding steroid dienone is 1. The average Bonchev–Trinajstić information content (AvgIpc) is 2.94. The third kappa shape index (κ3) is 2.07. The van der Waals surface area contributed by atoms with Gasteiger partial charge in [0.15, 0.2) is 0 Å². The summed E-state index contributed by atoms with van der Waals surface area (Å²) in [5.41, 5.74) is 3.54. The van der Waals surface area contributed by atoms with Gasteiger partial charge in [-0.2, -0.15) is 0 Å². The third-order valence-corrected chi connectivity index (χ3v) is 2.95. The highest BCUT2D eigenvalue weighted by Crippen LogP contribution is 2.38. The van der Waals surface area contributed by atoms with Gasteiger partial charge in [-0.1, -0.05) is 58.2 Å². The average molecular weight is 306 g/mol. The SMILES string of the molecule is ClC(Cl)(Cl)C1=CNN(c2cc3ccccc3o2)O1. The number of nitrogens with one attached hydrogen (secondary N) is 1. The smallest absolute Gasteiger partial charge is 0.253 e. The van der Waals surface area contributed by atoms with Gasteiger partial charge in [-0.25, -0.2) is 0 Å². The van der Waals surface area contributed by atoms with Gasteiger partial charge >= 0.3 is 0 Å². The second kappa shape index (κ2) is 4.16. The first-order chi connectivity index (χ1) is 8.54. The molecule has 1 N–H and O–H groups in total. The van der Waals surface area contributed by atoms with Gasteiger partial charge in [-0.3, -0.25) is 5.43 Å². The van der Waals surface area contributed by atoms with Crippen molar-refractivity contribution in [3.05, 3.63) is 42.3 Å². The quantitative estimate of drug-likeness (QED) is 0.811. The van der Waals surface area contributed by atoms with E-state index in [0.717, 1.165) is 11.0 Å². The van der Waals surface area contributed by atoms with E-state index in [4.69, 9.17) is 44.1 Å². The van der Waals surface area contributed by atoms with Crippen LogP contribution in [-0.4, -0.2) is 3.79 Å². The van der Waals surface area contributed by atoms with Crippen LogP contribution in [0.2, 0.25) is 0 Å². The van der Waals surface area contributed by atoms with E-state index in [1.54, 1.807) is 0 Å². The molecule has 1 aromatic carbocycles. The Hall–Kier alpha value is -1.23. The van der Waals surface area contributed by atoms with Crippen molar-refractivity contribution in [1.82, 2.24) is 5.43 Å². The zero-order valence-electron chi connectivity index (χ0n) is 8.86. The standard InChI is InChI=1S/C11H7Cl3N2O2/c12-11(13,14)9-6-15-16(18-9)10-5-7-3-1-2-4-8(7)17-10/h1-6,15H. The van der Waals surface area contributed by atoms with Crippen LogP contribution < -0.4 is 10.6 Å². The Balaban J connectivity index is 1.86. The molecule has 1 aromatic heterocycles. The van der Waals surface area contributed by atoms with Crippen LogP contribution >= 0.6 is 34.8 Å². The van der Waals surface area contributed by atoms with Gasteiger partial charge in [0.2, 0.25) is 5.76 Å². The second-order valence-corrected chi connectivity index (χ2v) is 5.92. The predicted octanol–water partition coefficient (Wildman–Crippen LogP) is 3.90. The monoisotopic (exact) mass is 304 g/mol. The summed E-state index contributed by atoms with van der Waals surface area (Å²) >= 11 is 17.1. The summed E-state index contributed by atoms with van der Waals surface area (Å²) < 4.78 is 3.97. The van der Waals surface area contributed by atoms with Crippen molar-refractivity contribution in [3.63, 3.8) is 0 Å². The number of nitrogens with zero attached hydrogens (tertiary/aromatic N) is 1. The van der Waals surface area contributed by atoms with E-state index in [2.05, 4.69) is 5.43 Å². The normalized spacial score (nSPS) is 15.5. The molecule has 0 aliphatic carbocycles. The summed E-state index contributed by atoms with van der Waals surface area (Å²) in [6.07, 6.45) is 1.46. The molecule has 18 heavy (non-hydrogen) atoms. The Morgan fingerprint density at radius 3 is 2.61 bits per heavy atom. The first-order valence-corrected chi connectivity index (χ1v) is 6.18. The van der Waals surface area contributed by atoms with Crippen molar-refractivity contribution >= 4 is 51.7 Å². The van der Waals surface area contributed by atoms with E-state index in [1.807, 2.05) is 30.3 Å². The van der Waals surface area contributed by atoms with Gasteiger partial charge in [0, 0.05) is 11.5 Å². The molecule has 2 aromatic rings. The summed E-state index contributed by atoms with van der Waals surface area (Å²) in [5.74, 6) is 0.643. The molecule has 94 valence electrons. The summed E-state index contributed by atoms with van der Waals surface area (Å²) in [7, 11) is 0. The first kappa shape index (κ1) is 11.8. The van der Waals surface area contributed by atoms with Crippen molar-refractivity contribution in [1.29, 1.82) is 0 Å². The van der Waals surface area contributed by atoms with Crippen LogP contribution in [0.3, 0.4) is 0 Å². The Kier molecular flexibility index (Phi) is 2.73. The third-order valence-electron chi connectivity index (χ3n) is 2.39. The number of hydrazine groups is 1. The Morgan fingerprint density at radius 1 is 1.17 bits per heavy atom. The fourth-order valence-corrected chi connectivity index (χ4v) is 1.85. The Labute approximate surface area is 118 Å². The molecule has 0 atom stereocenters. The number of furan rings is 1. The van der Waals surface area contributed by atoms with Crippen LogP contribution in [-0.2, 0) is 4.84 Å². The summed E-state index contributed by atoms with van der Waals surface area (Å²) in [4.78, 5) is 5.34. The summed E-state index contributed by atoms with van der Waals surface area (Å²) in [6, 6.07) is 9.42. The molecule has 3 rings (SSSR count). The maximum absolute atomic E-state index is 5.71. The van der Waals surface area contributed by atoms with Crippen LogP contribution in [0, 0.1) is 0 Å². The van der Waals surface area contributed by atoms with Gasteiger partial charge in [-0.15, -0.1) is 0 Å². The number of benzene rings is 1. The molecule has 2 heterocycles. The van der Waals surface area contributed by atoms with Gasteiger partial charge in [0.1, 0.15) is 5.58 Å². The molecular formula is C11H7Cl3N2O2. The second-order valence-electron chi connectivity index (χ2n) is 3.64. The van der Waals surface area contributed by atoms with Gasteiger partial charge < -0.3 is 9.25 Å². The minimum absolute atomic E-state index is 0.174. The molecule has 0 unspecified atom stereocenters. The highest BCUT2D eigenvalue weighted by molar-refractivity contribution is 6.69. The summed E-state index contributed by atoms with van der Waals surface area (Å²) in [6.45, 7) is 0. The zero-order valence-corrected chi connectivity index (χ0v) is 11.1. The van der Waals surface area contributed by atoms with Crippen LogP contribution in [0.1, 0.15) is 0 Å². The predicted molar refractivity (Wildman–Crippen MR) is 71.3 cm³/mol. The highest BCUT2D eigenvalue weighted by Gasteiger charge is 2.34. The molecule has 0 saturated heterocycles. The lowest BCUT2D eigenvalue weighted by Gasteiger charge is -2.16. The molecule has 4 nitrogen and oxygen atoms in total. The molecule has 0 saturated carbocycles. The molecule has 7 heteroatoms. The van der Waals surface area contributed by atoms with E-state index in [-0.39, 0.29) is 5.76 Å². The van der Waals surface area contributed by atoms with E-state index < -0.39 is 3.79 Å². The Bertz CT molecular complexity index is 585. The number of para-hydroxylation sites is 1. The zero-order chi connectivity index (χ0) is 12.8. The molecule has 1 aliphatic rings. The van der Waals surface area contributed by atoms with Gasteiger partial charge in [0.05, 0.1) is 6.20 Å². The number of hydrogen-bond acceptors (Lipinski definition) is 4. The fourth-order valence-electron chi connectivity index (χ4n) is 1.58. The number of anilines is 1. The topological polar surface area (TPSA) is 37.6 Å². The summed E-state index contributed by atoms with van der Waals surface area (Å²) in [5, 5.41) is 2.25. The lowest BCUT2D eigenvalue weighted by Crippen LogP contribution is -2.28. The Morgan fingerprint density at radius 2 is 1.94 bits per heavy atom. The maximum atomic E-state index is 5.71. The van der Waals surface area contributed by atoms with Crippen molar-refractivity contribution in [3.8, 4) is 0 Å². The molecule has 0 fully saturated rings. The molecular weight excluding hydrogens is 298 g/mol. The van der Waals surface area contributed by atoms with Crippen LogP contribution in [0.15, 0.2) is 46.7 Å².